The highest BCUT2D eigenvalue weighted by atomic mass is 16.5. The lowest BCUT2D eigenvalue weighted by atomic mass is 9.81. The number of urea groups is 1. The Kier molecular flexibility index (Phi) is 9.77. The Bertz CT molecular complexity index is 1480. The number of rotatable bonds is 11. The summed E-state index contributed by atoms with van der Waals surface area (Å²) < 4.78 is 12.7. The van der Waals surface area contributed by atoms with Gasteiger partial charge in [-0.15, -0.1) is 0 Å². The van der Waals surface area contributed by atoms with Gasteiger partial charge in [0.05, 0.1) is 7.11 Å². The largest absolute Gasteiger partial charge is 0.476 e. The van der Waals surface area contributed by atoms with E-state index in [4.69, 9.17) is 9.15 Å². The van der Waals surface area contributed by atoms with Crippen LogP contribution >= 0.6 is 0 Å². The number of carbonyl (C=O) groups is 4. The number of methoxy groups -OCH3 is 1. The van der Waals surface area contributed by atoms with Crippen LogP contribution < -0.4 is 16.0 Å². The van der Waals surface area contributed by atoms with E-state index in [2.05, 4.69) is 20.9 Å². The van der Waals surface area contributed by atoms with Gasteiger partial charge in [0.25, 0.3) is 0 Å². The number of nitrogens with zero attached hydrogens (tertiary/aromatic N) is 2. The van der Waals surface area contributed by atoms with E-state index in [1.807, 2.05) is 55.9 Å². The maximum absolute atomic E-state index is 13.8. The molecule has 12 heteroatoms. The molecule has 3 aromatic rings. The van der Waals surface area contributed by atoms with E-state index in [0.717, 1.165) is 35.7 Å². The first-order valence-electron chi connectivity index (χ1n) is 14.6. The van der Waals surface area contributed by atoms with Crippen LogP contribution in [0.5, 0.6) is 0 Å². The van der Waals surface area contributed by atoms with Crippen LogP contribution in [-0.2, 0) is 27.8 Å². The number of aryl methyl sites for hydroxylation is 2. The van der Waals surface area contributed by atoms with Crippen molar-refractivity contribution in [2.24, 2.45) is 13.0 Å². The molecule has 12 nitrogen and oxygen atoms in total. The SMILES string of the molecule is COC(=O)C1(NC(=O)NC(CC(C)C)C(=O)N[C@H](Cc2cn(C)c3ccccc23)c2nc(C(=O)O)c(C)o2)CCCCC1. The number of carboxylic acids is 1. The molecule has 0 radical (unpaired) electrons. The molecule has 1 fully saturated rings. The molecule has 0 bridgehead atoms. The van der Waals surface area contributed by atoms with Gasteiger partial charge in [0, 0.05) is 30.6 Å². The first kappa shape index (κ1) is 31.6. The predicted octanol–water partition coefficient (Wildman–Crippen LogP) is 4.16. The van der Waals surface area contributed by atoms with Crippen molar-refractivity contribution in [1.29, 1.82) is 0 Å². The molecule has 232 valence electrons. The second-order valence-electron chi connectivity index (χ2n) is 11.7. The van der Waals surface area contributed by atoms with Crippen molar-refractivity contribution in [2.75, 3.05) is 7.11 Å². The molecular formula is C31H41N5O7. The molecule has 43 heavy (non-hydrogen) atoms. The minimum Gasteiger partial charge on any atom is -0.476 e. The average Bonchev–Trinajstić information content (AvgIpc) is 3.51. The number of carboxylic acid groups (broad SMARTS) is 1. The Morgan fingerprint density at radius 2 is 1.81 bits per heavy atom. The van der Waals surface area contributed by atoms with E-state index in [1.54, 1.807) is 0 Å². The molecule has 2 heterocycles. The number of esters is 1. The molecule has 4 rings (SSSR count). The Morgan fingerprint density at radius 1 is 1.12 bits per heavy atom. The van der Waals surface area contributed by atoms with Gasteiger partial charge in [0.2, 0.25) is 11.8 Å². The molecule has 1 saturated carbocycles. The van der Waals surface area contributed by atoms with Crippen LogP contribution in [0.1, 0.15) is 86.1 Å². The molecule has 2 aromatic heterocycles. The fourth-order valence-electron chi connectivity index (χ4n) is 5.89. The van der Waals surface area contributed by atoms with E-state index in [1.165, 1.54) is 14.0 Å². The number of benzene rings is 1. The summed E-state index contributed by atoms with van der Waals surface area (Å²) in [4.78, 5) is 55.6. The molecule has 1 aliphatic rings. The summed E-state index contributed by atoms with van der Waals surface area (Å²) >= 11 is 0. The van der Waals surface area contributed by atoms with E-state index < -0.39 is 41.5 Å². The minimum atomic E-state index is -1.24. The van der Waals surface area contributed by atoms with Gasteiger partial charge in [-0.25, -0.2) is 19.4 Å². The summed E-state index contributed by atoms with van der Waals surface area (Å²) in [6.45, 7) is 5.37. The molecule has 4 N–H and O–H groups in total. The summed E-state index contributed by atoms with van der Waals surface area (Å²) in [5.41, 5.74) is 0.523. The fraction of sp³-hybridized carbons (Fsp3) is 0.516. The quantitative estimate of drug-likeness (QED) is 0.240. The number of hydrogen-bond donors (Lipinski definition) is 4. The lowest BCUT2D eigenvalue weighted by molar-refractivity contribution is -0.149. The Morgan fingerprint density at radius 3 is 2.44 bits per heavy atom. The fourth-order valence-corrected chi connectivity index (χ4v) is 5.89. The van der Waals surface area contributed by atoms with Crippen LogP contribution in [0.2, 0.25) is 0 Å². The third-order valence-corrected chi connectivity index (χ3v) is 8.00. The highest BCUT2D eigenvalue weighted by Gasteiger charge is 2.42. The van der Waals surface area contributed by atoms with Crippen LogP contribution in [0.3, 0.4) is 0 Å². The van der Waals surface area contributed by atoms with Gasteiger partial charge in [-0.2, -0.15) is 0 Å². The second kappa shape index (κ2) is 13.3. The molecular weight excluding hydrogens is 554 g/mol. The number of aromatic nitrogens is 2. The van der Waals surface area contributed by atoms with Crippen LogP contribution in [0.4, 0.5) is 4.79 Å². The summed E-state index contributed by atoms with van der Waals surface area (Å²) in [7, 11) is 3.22. The monoisotopic (exact) mass is 595 g/mol. The zero-order valence-electron chi connectivity index (χ0n) is 25.4. The Hall–Kier alpha value is -4.35. The number of oxazole rings is 1. The van der Waals surface area contributed by atoms with Gasteiger partial charge in [-0.3, -0.25) is 4.79 Å². The van der Waals surface area contributed by atoms with Crippen molar-refractivity contribution in [3.8, 4) is 0 Å². The lowest BCUT2D eigenvalue weighted by Gasteiger charge is -2.35. The van der Waals surface area contributed by atoms with Crippen molar-refractivity contribution in [1.82, 2.24) is 25.5 Å². The molecule has 2 atom stereocenters. The van der Waals surface area contributed by atoms with Crippen LogP contribution in [0, 0.1) is 12.8 Å². The van der Waals surface area contributed by atoms with Crippen molar-refractivity contribution < 1.29 is 33.4 Å². The molecule has 0 aliphatic heterocycles. The number of ether oxygens (including phenoxy) is 1. The zero-order valence-corrected chi connectivity index (χ0v) is 25.4. The summed E-state index contributed by atoms with van der Waals surface area (Å²) in [5, 5.41) is 19.1. The van der Waals surface area contributed by atoms with Gasteiger partial charge >= 0.3 is 18.0 Å². The van der Waals surface area contributed by atoms with Crippen LogP contribution in [0.15, 0.2) is 34.9 Å². The van der Waals surface area contributed by atoms with E-state index in [0.29, 0.717) is 19.3 Å². The van der Waals surface area contributed by atoms with Gasteiger partial charge in [0.1, 0.15) is 23.4 Å². The topological polar surface area (TPSA) is 165 Å². The van der Waals surface area contributed by atoms with Crippen molar-refractivity contribution in [3.05, 3.63) is 53.4 Å². The van der Waals surface area contributed by atoms with E-state index in [9.17, 15) is 24.3 Å². The maximum atomic E-state index is 13.8. The smallest absolute Gasteiger partial charge is 0.358 e. The number of amides is 3. The maximum Gasteiger partial charge on any atom is 0.358 e. The first-order chi connectivity index (χ1) is 20.4. The standard InChI is InChI=1S/C31H41N5O7/c1-18(2)15-22(33-30(41)35-31(29(40)42-5)13-9-6-10-14-31)26(37)32-23(27-34-25(28(38)39)19(3)43-27)16-20-17-36(4)24-12-8-7-11-21(20)24/h7-8,11-12,17-18,22-23H,6,9-10,13-16H2,1-5H3,(H,32,37)(H,38,39)(H2,33,35,41)/t22?,23-/m1/s1. The molecule has 1 unspecified atom stereocenters. The minimum absolute atomic E-state index is 0.0411. The lowest BCUT2D eigenvalue weighted by Crippen LogP contribution is -2.61. The zero-order chi connectivity index (χ0) is 31.3. The third-order valence-electron chi connectivity index (χ3n) is 8.00. The highest BCUT2D eigenvalue weighted by Crippen LogP contribution is 2.30. The average molecular weight is 596 g/mol. The summed E-state index contributed by atoms with van der Waals surface area (Å²) in [5.74, 6) is -2.01. The van der Waals surface area contributed by atoms with Crippen molar-refractivity contribution in [3.63, 3.8) is 0 Å². The number of carbonyl (C=O) groups excluding carboxylic acids is 3. The number of aromatic carboxylic acids is 1. The van der Waals surface area contributed by atoms with Crippen molar-refractivity contribution in [2.45, 2.75) is 83.3 Å². The third kappa shape index (κ3) is 7.18. The van der Waals surface area contributed by atoms with E-state index >= 15 is 0 Å². The molecule has 1 aliphatic carbocycles. The molecule has 3 amide bonds. The van der Waals surface area contributed by atoms with Gasteiger partial charge < -0.3 is 34.8 Å². The Labute approximate surface area is 250 Å². The normalized spacial score (nSPS) is 16.0. The second-order valence-corrected chi connectivity index (χ2v) is 11.7. The van der Waals surface area contributed by atoms with Gasteiger partial charge in [-0.05, 0) is 43.7 Å². The predicted molar refractivity (Wildman–Crippen MR) is 158 cm³/mol. The van der Waals surface area contributed by atoms with Gasteiger partial charge in [0.15, 0.2) is 5.69 Å². The highest BCUT2D eigenvalue weighted by molar-refractivity contribution is 5.91. The van der Waals surface area contributed by atoms with E-state index in [-0.39, 0.29) is 29.7 Å². The Balaban J connectivity index is 1.60. The van der Waals surface area contributed by atoms with Crippen LogP contribution in [-0.4, -0.2) is 57.2 Å². The first-order valence-corrected chi connectivity index (χ1v) is 14.6. The number of fused-ring (bicyclic) bond motifs is 1. The number of para-hydroxylation sites is 1. The van der Waals surface area contributed by atoms with Crippen molar-refractivity contribution >= 4 is 34.8 Å². The molecule has 0 saturated heterocycles. The molecule has 0 spiro atoms. The van der Waals surface area contributed by atoms with Crippen LogP contribution in [0.25, 0.3) is 10.9 Å². The number of nitrogens with one attached hydrogen (secondary N) is 3. The van der Waals surface area contributed by atoms with Gasteiger partial charge in [-0.1, -0.05) is 51.3 Å². The summed E-state index contributed by atoms with van der Waals surface area (Å²) in [6, 6.07) is 5.40. The summed E-state index contributed by atoms with van der Waals surface area (Å²) in [6.07, 6.45) is 5.94. The molecule has 1 aromatic carbocycles. The number of hydrogen-bond acceptors (Lipinski definition) is 7.